The van der Waals surface area contributed by atoms with Crippen molar-refractivity contribution >= 4 is 5.96 Å². The van der Waals surface area contributed by atoms with E-state index in [-0.39, 0.29) is 0 Å². The molecule has 6 heteroatoms. The highest BCUT2D eigenvalue weighted by Gasteiger charge is 2.04. The number of guanidine groups is 1. The van der Waals surface area contributed by atoms with Crippen molar-refractivity contribution in [2.24, 2.45) is 10.9 Å². The summed E-state index contributed by atoms with van der Waals surface area (Å²) in [5.41, 5.74) is 1.28. The van der Waals surface area contributed by atoms with Gasteiger partial charge in [-0.25, -0.2) is 4.98 Å². The van der Waals surface area contributed by atoms with Crippen LogP contribution >= 0.6 is 0 Å². The molecule has 1 heterocycles. The lowest BCUT2D eigenvalue weighted by molar-refractivity contribution is 0.128. The highest BCUT2D eigenvalue weighted by atomic mass is 16.5. The number of aliphatic imine (C=N–C) groups is 1. The summed E-state index contributed by atoms with van der Waals surface area (Å²) in [4.78, 5) is 8.74. The molecule has 27 heavy (non-hydrogen) atoms. The molecule has 0 saturated heterocycles. The van der Waals surface area contributed by atoms with E-state index in [1.807, 2.05) is 18.5 Å². The maximum absolute atomic E-state index is 5.62. The van der Waals surface area contributed by atoms with Gasteiger partial charge in [-0.1, -0.05) is 44.2 Å². The van der Waals surface area contributed by atoms with E-state index in [1.165, 1.54) is 5.56 Å². The number of hydrogen-bond donors (Lipinski definition) is 2. The van der Waals surface area contributed by atoms with Gasteiger partial charge in [0, 0.05) is 52.1 Å². The summed E-state index contributed by atoms with van der Waals surface area (Å²) in [5, 5.41) is 6.62. The summed E-state index contributed by atoms with van der Waals surface area (Å²) in [6.45, 7) is 8.29. The van der Waals surface area contributed by atoms with Crippen LogP contribution in [0.4, 0.5) is 0 Å². The second-order valence-electron chi connectivity index (χ2n) is 6.93. The van der Waals surface area contributed by atoms with Gasteiger partial charge in [-0.3, -0.25) is 4.99 Å². The standard InChI is InChI=1S/C21H33N5O/c1-18(2)10-15-27-16-13-25-21(22-3)24-11-9-20-23-12-14-26(20)17-19-7-5-4-6-8-19/h4-8,12,14,18H,9-11,13,15-17H2,1-3H3,(H2,22,24,25). The van der Waals surface area contributed by atoms with Gasteiger partial charge in [-0.2, -0.15) is 0 Å². The Hall–Kier alpha value is -2.34. The monoisotopic (exact) mass is 371 g/mol. The molecule has 0 bridgehead atoms. The van der Waals surface area contributed by atoms with Crippen LogP contribution < -0.4 is 10.6 Å². The summed E-state index contributed by atoms with van der Waals surface area (Å²) >= 11 is 0. The van der Waals surface area contributed by atoms with E-state index in [0.29, 0.717) is 12.5 Å². The molecule has 0 aliphatic carbocycles. The first kappa shape index (κ1) is 21.0. The van der Waals surface area contributed by atoms with Crippen molar-refractivity contribution in [2.45, 2.75) is 33.2 Å². The fourth-order valence-electron chi connectivity index (χ4n) is 2.67. The highest BCUT2D eigenvalue weighted by Crippen LogP contribution is 2.05. The Bertz CT molecular complexity index is 666. The second kappa shape index (κ2) is 12.1. The summed E-state index contributed by atoms with van der Waals surface area (Å²) in [7, 11) is 1.78. The number of aromatic nitrogens is 2. The van der Waals surface area contributed by atoms with Crippen LogP contribution in [-0.2, 0) is 17.7 Å². The van der Waals surface area contributed by atoms with E-state index < -0.39 is 0 Å². The lowest BCUT2D eigenvalue weighted by atomic mass is 10.1. The molecule has 0 fully saturated rings. The van der Waals surface area contributed by atoms with Gasteiger partial charge in [0.25, 0.3) is 0 Å². The van der Waals surface area contributed by atoms with E-state index in [1.54, 1.807) is 7.05 Å². The maximum Gasteiger partial charge on any atom is 0.191 e. The van der Waals surface area contributed by atoms with Gasteiger partial charge in [0.1, 0.15) is 5.82 Å². The number of hydrogen-bond acceptors (Lipinski definition) is 3. The van der Waals surface area contributed by atoms with Crippen molar-refractivity contribution in [2.75, 3.05) is 33.4 Å². The number of benzene rings is 1. The van der Waals surface area contributed by atoms with Gasteiger partial charge in [-0.15, -0.1) is 0 Å². The number of nitrogens with zero attached hydrogens (tertiary/aromatic N) is 3. The third kappa shape index (κ3) is 8.26. The number of imidazole rings is 1. The van der Waals surface area contributed by atoms with Crippen molar-refractivity contribution in [3.8, 4) is 0 Å². The Kier molecular flexibility index (Phi) is 9.41. The Labute approximate surface area is 163 Å². The fourth-order valence-corrected chi connectivity index (χ4v) is 2.67. The van der Waals surface area contributed by atoms with Gasteiger partial charge in [0.15, 0.2) is 5.96 Å². The van der Waals surface area contributed by atoms with Gasteiger partial charge in [0.05, 0.1) is 6.61 Å². The highest BCUT2D eigenvalue weighted by molar-refractivity contribution is 5.79. The van der Waals surface area contributed by atoms with E-state index >= 15 is 0 Å². The normalized spacial score (nSPS) is 11.8. The lowest BCUT2D eigenvalue weighted by Gasteiger charge is -2.13. The van der Waals surface area contributed by atoms with E-state index in [2.05, 4.69) is 63.3 Å². The maximum atomic E-state index is 5.62. The van der Waals surface area contributed by atoms with Crippen molar-refractivity contribution in [3.05, 3.63) is 54.1 Å². The van der Waals surface area contributed by atoms with Crippen LogP contribution in [0.1, 0.15) is 31.7 Å². The molecule has 2 rings (SSSR count). The first-order valence-corrected chi connectivity index (χ1v) is 9.75. The van der Waals surface area contributed by atoms with Gasteiger partial charge >= 0.3 is 0 Å². The smallest absolute Gasteiger partial charge is 0.191 e. The zero-order chi connectivity index (χ0) is 19.3. The molecular formula is C21H33N5O. The molecule has 0 unspecified atom stereocenters. The number of ether oxygens (including phenoxy) is 1. The molecule has 1 aromatic carbocycles. The molecule has 0 aliphatic rings. The van der Waals surface area contributed by atoms with E-state index in [9.17, 15) is 0 Å². The third-order valence-electron chi connectivity index (χ3n) is 4.24. The average Bonchev–Trinajstić information content (AvgIpc) is 3.10. The minimum Gasteiger partial charge on any atom is -0.380 e. The molecule has 6 nitrogen and oxygen atoms in total. The van der Waals surface area contributed by atoms with Gasteiger partial charge in [-0.05, 0) is 17.9 Å². The molecule has 0 radical (unpaired) electrons. The molecule has 2 aromatic rings. The molecular weight excluding hydrogens is 338 g/mol. The van der Waals surface area contributed by atoms with Crippen LogP contribution in [0.3, 0.4) is 0 Å². The van der Waals surface area contributed by atoms with Crippen LogP contribution in [0.15, 0.2) is 47.7 Å². The number of rotatable bonds is 11. The van der Waals surface area contributed by atoms with Crippen LogP contribution in [0.5, 0.6) is 0 Å². The minimum atomic E-state index is 0.682. The Morgan fingerprint density at radius 3 is 2.67 bits per heavy atom. The largest absolute Gasteiger partial charge is 0.380 e. The van der Waals surface area contributed by atoms with Crippen molar-refractivity contribution in [3.63, 3.8) is 0 Å². The van der Waals surface area contributed by atoms with Crippen molar-refractivity contribution < 1.29 is 4.74 Å². The predicted molar refractivity (Wildman–Crippen MR) is 111 cm³/mol. The Balaban J connectivity index is 1.67. The molecule has 0 aliphatic heterocycles. The van der Waals surface area contributed by atoms with E-state index in [0.717, 1.165) is 50.9 Å². The average molecular weight is 372 g/mol. The van der Waals surface area contributed by atoms with E-state index in [4.69, 9.17) is 4.74 Å². The third-order valence-corrected chi connectivity index (χ3v) is 4.24. The first-order valence-electron chi connectivity index (χ1n) is 9.75. The summed E-state index contributed by atoms with van der Waals surface area (Å²) < 4.78 is 7.81. The Morgan fingerprint density at radius 1 is 1.15 bits per heavy atom. The quantitative estimate of drug-likeness (QED) is 0.362. The molecule has 2 N–H and O–H groups in total. The van der Waals surface area contributed by atoms with Crippen LogP contribution in [0, 0.1) is 5.92 Å². The second-order valence-corrected chi connectivity index (χ2v) is 6.93. The lowest BCUT2D eigenvalue weighted by Crippen LogP contribution is -2.40. The minimum absolute atomic E-state index is 0.682. The molecule has 148 valence electrons. The zero-order valence-electron chi connectivity index (χ0n) is 16.8. The molecule has 1 aromatic heterocycles. The topological polar surface area (TPSA) is 63.5 Å². The molecule has 0 atom stereocenters. The van der Waals surface area contributed by atoms with Crippen LogP contribution in [-0.4, -0.2) is 48.9 Å². The van der Waals surface area contributed by atoms with Crippen molar-refractivity contribution in [1.29, 1.82) is 0 Å². The fraction of sp³-hybridized carbons (Fsp3) is 0.524. The Morgan fingerprint density at radius 2 is 1.93 bits per heavy atom. The summed E-state index contributed by atoms with van der Waals surface area (Å²) in [5.74, 6) is 2.55. The predicted octanol–water partition coefficient (Wildman–Crippen LogP) is 2.70. The summed E-state index contributed by atoms with van der Waals surface area (Å²) in [6.07, 6.45) is 5.83. The SMILES string of the molecule is CN=C(NCCOCCC(C)C)NCCc1nccn1Cc1ccccc1. The molecule has 0 spiro atoms. The summed E-state index contributed by atoms with van der Waals surface area (Å²) in [6, 6.07) is 10.4. The molecule has 0 amide bonds. The van der Waals surface area contributed by atoms with Crippen LogP contribution in [0.25, 0.3) is 0 Å². The number of nitrogens with one attached hydrogen (secondary N) is 2. The molecule has 0 saturated carbocycles. The van der Waals surface area contributed by atoms with Crippen molar-refractivity contribution in [1.82, 2.24) is 20.2 Å². The van der Waals surface area contributed by atoms with Gasteiger partial charge in [0.2, 0.25) is 0 Å². The van der Waals surface area contributed by atoms with Gasteiger partial charge < -0.3 is 19.9 Å². The van der Waals surface area contributed by atoms with Crippen LogP contribution in [0.2, 0.25) is 0 Å². The first-order chi connectivity index (χ1) is 13.2. The zero-order valence-corrected chi connectivity index (χ0v) is 16.8.